The molecule has 2 saturated heterocycles. The van der Waals surface area contributed by atoms with Gasteiger partial charge < -0.3 is 19.9 Å². The zero-order valence-corrected chi connectivity index (χ0v) is 16.5. The smallest absolute Gasteiger partial charge is 0.338 e. The Hall–Kier alpha value is -1.83. The van der Waals surface area contributed by atoms with E-state index < -0.39 is 17.9 Å². The molecule has 3 aliphatic heterocycles. The number of fused-ring (bicyclic) bond motifs is 4. The molecule has 1 amide bonds. The number of aliphatic hydroxyl groups is 1. The van der Waals surface area contributed by atoms with Crippen molar-refractivity contribution in [2.45, 2.75) is 62.6 Å². The van der Waals surface area contributed by atoms with Gasteiger partial charge in [-0.1, -0.05) is 36.0 Å². The molecule has 6 nitrogen and oxygen atoms in total. The van der Waals surface area contributed by atoms with E-state index in [0.717, 1.165) is 43.0 Å². The van der Waals surface area contributed by atoms with Gasteiger partial charge in [0.2, 0.25) is 0 Å². The molecule has 3 heterocycles. The monoisotopic (exact) mass is 403 g/mol. The minimum atomic E-state index is -1.53. The van der Waals surface area contributed by atoms with Gasteiger partial charge in [0.1, 0.15) is 6.10 Å². The Balaban J connectivity index is 1.57. The van der Waals surface area contributed by atoms with Crippen molar-refractivity contribution in [2.24, 2.45) is 0 Å². The Morgan fingerprint density at radius 3 is 2.93 bits per heavy atom. The number of carbonyl (C=O) groups excluding carboxylic acids is 2. The van der Waals surface area contributed by atoms with E-state index in [-0.39, 0.29) is 23.7 Å². The van der Waals surface area contributed by atoms with Crippen LogP contribution in [-0.4, -0.2) is 46.1 Å². The predicted molar refractivity (Wildman–Crippen MR) is 106 cm³/mol. The fourth-order valence-corrected chi connectivity index (χ4v) is 4.94. The summed E-state index contributed by atoms with van der Waals surface area (Å²) in [5.41, 5.74) is 1.58. The molecule has 7 heteroatoms. The molecule has 0 radical (unpaired) electrons. The Morgan fingerprint density at radius 1 is 1.21 bits per heavy atom. The quantitative estimate of drug-likeness (QED) is 0.553. The molecular weight excluding hydrogens is 378 g/mol. The van der Waals surface area contributed by atoms with Gasteiger partial charge in [-0.25, -0.2) is 4.79 Å². The highest BCUT2D eigenvalue weighted by molar-refractivity contribution is 8.14. The van der Waals surface area contributed by atoms with Crippen molar-refractivity contribution >= 4 is 23.0 Å². The Labute approximate surface area is 168 Å². The third-order valence-corrected chi connectivity index (χ3v) is 6.37. The topological polar surface area (TPSA) is 84.9 Å². The van der Waals surface area contributed by atoms with Gasteiger partial charge in [-0.15, -0.1) is 0 Å². The van der Waals surface area contributed by atoms with Gasteiger partial charge in [-0.2, -0.15) is 0 Å². The number of ether oxygens (including phenoxy) is 2. The predicted octanol–water partition coefficient (Wildman–Crippen LogP) is 3.19. The van der Waals surface area contributed by atoms with Gasteiger partial charge >= 0.3 is 5.97 Å². The van der Waals surface area contributed by atoms with Gasteiger partial charge in [-0.3, -0.25) is 4.79 Å². The molecular formula is C21H25NO5S. The summed E-state index contributed by atoms with van der Waals surface area (Å²) in [7, 11) is 0. The lowest BCUT2D eigenvalue weighted by atomic mass is 9.91. The van der Waals surface area contributed by atoms with Crippen molar-refractivity contribution in [3.63, 3.8) is 0 Å². The normalized spacial score (nSPS) is 34.8. The summed E-state index contributed by atoms with van der Waals surface area (Å²) in [4.78, 5) is 24.3. The highest BCUT2D eigenvalue weighted by Crippen LogP contribution is 2.36. The van der Waals surface area contributed by atoms with Gasteiger partial charge in [0.15, 0.2) is 5.79 Å². The number of thioether (sulfide) groups is 1. The van der Waals surface area contributed by atoms with Crippen LogP contribution in [0.3, 0.4) is 0 Å². The first-order valence-corrected chi connectivity index (χ1v) is 10.8. The van der Waals surface area contributed by atoms with E-state index in [9.17, 15) is 14.7 Å². The van der Waals surface area contributed by atoms with E-state index >= 15 is 0 Å². The van der Waals surface area contributed by atoms with Crippen molar-refractivity contribution < 1.29 is 24.2 Å². The van der Waals surface area contributed by atoms with Crippen LogP contribution in [0, 0.1) is 0 Å². The van der Waals surface area contributed by atoms with Crippen LogP contribution in [0.15, 0.2) is 36.4 Å². The number of allylic oxidation sites excluding steroid dienone is 2. The fourth-order valence-electron chi connectivity index (χ4n) is 4.05. The lowest BCUT2D eigenvalue weighted by molar-refractivity contribution is -0.281. The first-order chi connectivity index (χ1) is 13.5. The largest absolute Gasteiger partial charge is 0.458 e. The number of benzene rings is 1. The number of carbonyl (C=O) groups is 2. The van der Waals surface area contributed by atoms with E-state index in [1.807, 2.05) is 18.2 Å². The zero-order valence-electron chi connectivity index (χ0n) is 15.6. The number of hydrogen-bond acceptors (Lipinski definition) is 6. The molecule has 2 fully saturated rings. The van der Waals surface area contributed by atoms with Crippen LogP contribution in [0.2, 0.25) is 0 Å². The van der Waals surface area contributed by atoms with Crippen molar-refractivity contribution in [3.05, 3.63) is 47.5 Å². The third kappa shape index (κ3) is 4.42. The molecule has 4 atom stereocenters. The molecule has 1 aromatic rings. The summed E-state index contributed by atoms with van der Waals surface area (Å²) in [5, 5.41) is 13.8. The van der Waals surface area contributed by atoms with E-state index in [4.69, 9.17) is 9.47 Å². The highest BCUT2D eigenvalue weighted by Gasteiger charge is 2.49. The standard InChI is InChI=1S/C21H25NO5S/c23-19-15-8-5-7-14(10-15)6-3-1-2-4-9-16-11-17(26-19)12-21(25,27-16)18-13-28-20(24)22-18/h1,3,5,7-8,10,16-18,25H,2,4,6,9,11-13H2,(H,22,24)/b3-1-/t16-,17?,18?,21?/m1/s1. The highest BCUT2D eigenvalue weighted by atomic mass is 32.2. The summed E-state index contributed by atoms with van der Waals surface area (Å²) in [6, 6.07) is 6.96. The molecule has 4 bridgehead atoms. The van der Waals surface area contributed by atoms with Crippen LogP contribution >= 0.6 is 11.8 Å². The summed E-state index contributed by atoms with van der Waals surface area (Å²) in [6.45, 7) is 0. The van der Waals surface area contributed by atoms with E-state index in [1.165, 1.54) is 0 Å². The van der Waals surface area contributed by atoms with Crippen LogP contribution < -0.4 is 5.32 Å². The Bertz CT molecular complexity index is 782. The number of esters is 1. The van der Waals surface area contributed by atoms with Crippen LogP contribution in [0.5, 0.6) is 0 Å². The molecule has 28 heavy (non-hydrogen) atoms. The summed E-state index contributed by atoms with van der Waals surface area (Å²) < 4.78 is 11.8. The Morgan fingerprint density at radius 2 is 2.11 bits per heavy atom. The minimum Gasteiger partial charge on any atom is -0.458 e. The molecule has 4 rings (SSSR count). The van der Waals surface area contributed by atoms with Crippen molar-refractivity contribution in [1.29, 1.82) is 0 Å². The molecule has 150 valence electrons. The van der Waals surface area contributed by atoms with Crippen LogP contribution in [-0.2, 0) is 15.9 Å². The van der Waals surface area contributed by atoms with Gasteiger partial charge in [0, 0.05) is 18.6 Å². The molecule has 3 unspecified atom stereocenters. The second-order valence-corrected chi connectivity index (χ2v) is 8.65. The average Bonchev–Trinajstić information content (AvgIpc) is 3.11. The summed E-state index contributed by atoms with van der Waals surface area (Å²) in [6.07, 6.45) is 7.68. The molecule has 0 aromatic heterocycles. The maximum Gasteiger partial charge on any atom is 0.338 e. The van der Waals surface area contributed by atoms with E-state index in [0.29, 0.717) is 17.7 Å². The number of amides is 1. The SMILES string of the molecule is O=C1NC(C2(O)CC3C[C@@H](CCC/C=C\Cc4cccc(c4)C(=O)O3)O2)CS1. The van der Waals surface area contributed by atoms with Gasteiger partial charge in [-0.05, 0) is 43.4 Å². The molecule has 0 saturated carbocycles. The van der Waals surface area contributed by atoms with Crippen molar-refractivity contribution in [3.8, 4) is 0 Å². The van der Waals surface area contributed by atoms with Gasteiger partial charge in [0.05, 0.1) is 17.7 Å². The zero-order chi connectivity index (χ0) is 19.6. The molecule has 3 aliphatic rings. The fraction of sp³-hybridized carbons (Fsp3) is 0.524. The first kappa shape index (κ1) is 19.5. The molecule has 1 aromatic carbocycles. The average molecular weight is 404 g/mol. The van der Waals surface area contributed by atoms with Crippen molar-refractivity contribution in [2.75, 3.05) is 5.75 Å². The van der Waals surface area contributed by atoms with E-state index in [2.05, 4.69) is 17.5 Å². The third-order valence-electron chi connectivity index (χ3n) is 5.49. The maximum absolute atomic E-state index is 12.7. The van der Waals surface area contributed by atoms with Gasteiger partial charge in [0.25, 0.3) is 5.24 Å². The number of nitrogens with one attached hydrogen (secondary N) is 1. The first-order valence-electron chi connectivity index (χ1n) is 9.80. The lowest BCUT2D eigenvalue weighted by Crippen LogP contribution is -2.58. The van der Waals surface area contributed by atoms with Crippen molar-refractivity contribution in [1.82, 2.24) is 5.32 Å². The second-order valence-electron chi connectivity index (χ2n) is 7.65. The molecule has 2 N–H and O–H groups in total. The second kappa shape index (κ2) is 8.27. The summed E-state index contributed by atoms with van der Waals surface area (Å²) >= 11 is 1.13. The number of hydrogen-bond donors (Lipinski definition) is 2. The lowest BCUT2D eigenvalue weighted by Gasteiger charge is -2.43. The number of rotatable bonds is 1. The van der Waals surface area contributed by atoms with Crippen LogP contribution in [0.1, 0.15) is 48.0 Å². The molecule has 0 spiro atoms. The maximum atomic E-state index is 12.7. The Kier molecular flexibility index (Phi) is 5.75. The molecule has 0 aliphatic carbocycles. The summed E-state index contributed by atoms with van der Waals surface area (Å²) in [5.74, 6) is -1.48. The van der Waals surface area contributed by atoms with Crippen LogP contribution in [0.4, 0.5) is 4.79 Å². The van der Waals surface area contributed by atoms with Crippen LogP contribution in [0.25, 0.3) is 0 Å². The van der Waals surface area contributed by atoms with E-state index in [1.54, 1.807) is 6.07 Å². The minimum absolute atomic E-state index is 0.153.